The normalized spacial score (nSPS) is 10.6. The number of hydrogen-bond donors (Lipinski definition) is 1. The molecular weight excluding hydrogens is 452 g/mol. The number of para-hydroxylation sites is 1. The molecule has 0 fully saturated rings. The van der Waals surface area contributed by atoms with Crippen LogP contribution in [0.4, 0.5) is 5.69 Å². The fourth-order valence-electron chi connectivity index (χ4n) is 3.70. The summed E-state index contributed by atoms with van der Waals surface area (Å²) in [5.41, 5.74) is 3.32. The zero-order chi connectivity index (χ0) is 24.9. The highest BCUT2D eigenvalue weighted by atomic mass is 16.5. The number of rotatable bonds is 7. The van der Waals surface area contributed by atoms with Gasteiger partial charge in [0.25, 0.3) is 5.91 Å². The molecule has 7 nitrogen and oxygen atoms in total. The highest BCUT2D eigenvalue weighted by molar-refractivity contribution is 6.01. The summed E-state index contributed by atoms with van der Waals surface area (Å²) in [4.78, 5) is 17.7. The maximum atomic E-state index is 13.1. The summed E-state index contributed by atoms with van der Waals surface area (Å²) in [6, 6.07) is 32.0. The van der Waals surface area contributed by atoms with E-state index in [1.54, 1.807) is 36.1 Å². The van der Waals surface area contributed by atoms with Crippen LogP contribution in [0.3, 0.4) is 0 Å². The predicted molar refractivity (Wildman–Crippen MR) is 139 cm³/mol. The molecule has 1 N–H and O–H groups in total. The zero-order valence-corrected chi connectivity index (χ0v) is 19.9. The molecule has 5 rings (SSSR count). The first-order valence-corrected chi connectivity index (χ1v) is 11.4. The van der Waals surface area contributed by atoms with Gasteiger partial charge in [-0.3, -0.25) is 4.79 Å². The molecule has 0 unspecified atom stereocenters. The number of nitrogens with one attached hydrogen (secondary N) is 1. The molecule has 1 amide bonds. The maximum absolute atomic E-state index is 13.1. The molecule has 0 radical (unpaired) electrons. The Kier molecular flexibility index (Phi) is 6.44. The summed E-state index contributed by atoms with van der Waals surface area (Å²) in [5, 5.41) is 7.41. The van der Waals surface area contributed by atoms with Crippen LogP contribution in [0.25, 0.3) is 17.1 Å². The number of methoxy groups -OCH3 is 1. The number of aromatic nitrogens is 3. The van der Waals surface area contributed by atoms with Gasteiger partial charge in [0.2, 0.25) is 5.82 Å². The molecule has 0 saturated heterocycles. The molecule has 0 aliphatic heterocycles. The Morgan fingerprint density at radius 2 is 1.50 bits per heavy atom. The van der Waals surface area contributed by atoms with E-state index in [4.69, 9.17) is 9.47 Å². The minimum Gasteiger partial charge on any atom is -0.497 e. The van der Waals surface area contributed by atoms with Gasteiger partial charge in [-0.25, -0.2) is 9.67 Å². The predicted octanol–water partition coefficient (Wildman–Crippen LogP) is 6.30. The quantitative estimate of drug-likeness (QED) is 0.298. The second-order valence-corrected chi connectivity index (χ2v) is 8.13. The monoisotopic (exact) mass is 476 g/mol. The minimum absolute atomic E-state index is 0.0620. The molecule has 0 saturated carbocycles. The molecule has 0 aliphatic rings. The van der Waals surface area contributed by atoms with Crippen molar-refractivity contribution in [3.8, 4) is 34.3 Å². The van der Waals surface area contributed by atoms with Crippen LogP contribution in [-0.2, 0) is 0 Å². The fourth-order valence-corrected chi connectivity index (χ4v) is 3.70. The lowest BCUT2D eigenvalue weighted by Gasteiger charge is -2.07. The number of anilines is 1. The lowest BCUT2D eigenvalue weighted by molar-refractivity contribution is 0.101. The van der Waals surface area contributed by atoms with E-state index in [0.29, 0.717) is 17.3 Å². The number of benzene rings is 4. The van der Waals surface area contributed by atoms with E-state index in [1.165, 1.54) is 0 Å². The van der Waals surface area contributed by atoms with Gasteiger partial charge in [0.15, 0.2) is 5.82 Å². The van der Waals surface area contributed by atoms with Crippen molar-refractivity contribution < 1.29 is 14.3 Å². The lowest BCUT2D eigenvalue weighted by Crippen LogP contribution is -2.14. The van der Waals surface area contributed by atoms with Gasteiger partial charge in [0, 0.05) is 11.3 Å². The number of nitrogens with zero attached hydrogens (tertiary/aromatic N) is 3. The molecule has 36 heavy (non-hydrogen) atoms. The molecule has 1 aromatic heterocycles. The van der Waals surface area contributed by atoms with Gasteiger partial charge in [-0.15, -0.1) is 5.10 Å². The molecule has 1 heterocycles. The molecule has 4 aromatic carbocycles. The molecular formula is C29H24N4O3. The van der Waals surface area contributed by atoms with Crippen molar-refractivity contribution in [2.75, 3.05) is 12.4 Å². The van der Waals surface area contributed by atoms with Crippen molar-refractivity contribution in [3.63, 3.8) is 0 Å². The second kappa shape index (κ2) is 10.1. The first-order valence-electron chi connectivity index (χ1n) is 11.4. The summed E-state index contributed by atoms with van der Waals surface area (Å²) in [7, 11) is 1.62. The third kappa shape index (κ3) is 5.10. The molecule has 0 atom stereocenters. The summed E-state index contributed by atoms with van der Waals surface area (Å²) in [6.45, 7) is 2.01. The molecule has 0 aliphatic carbocycles. The van der Waals surface area contributed by atoms with E-state index in [0.717, 1.165) is 28.3 Å². The van der Waals surface area contributed by atoms with Crippen LogP contribution in [-0.4, -0.2) is 27.8 Å². The Balaban J connectivity index is 1.41. The van der Waals surface area contributed by atoms with Gasteiger partial charge in [-0.05, 0) is 73.7 Å². The Bertz CT molecular complexity index is 1480. The van der Waals surface area contributed by atoms with Crippen LogP contribution in [0, 0.1) is 6.92 Å². The third-order valence-electron chi connectivity index (χ3n) is 5.49. The number of hydrogen-bond acceptors (Lipinski definition) is 5. The molecule has 0 spiro atoms. The highest BCUT2D eigenvalue weighted by Gasteiger charge is 2.19. The second-order valence-electron chi connectivity index (χ2n) is 8.13. The van der Waals surface area contributed by atoms with E-state index in [2.05, 4.69) is 15.4 Å². The van der Waals surface area contributed by atoms with Gasteiger partial charge in [0.05, 0.1) is 12.8 Å². The van der Waals surface area contributed by atoms with Crippen molar-refractivity contribution in [1.29, 1.82) is 0 Å². The van der Waals surface area contributed by atoms with Crippen molar-refractivity contribution in [2.45, 2.75) is 6.92 Å². The smallest absolute Gasteiger partial charge is 0.295 e. The topological polar surface area (TPSA) is 78.3 Å². The van der Waals surface area contributed by atoms with Gasteiger partial charge in [0.1, 0.15) is 17.2 Å². The Morgan fingerprint density at radius 3 is 2.19 bits per heavy atom. The van der Waals surface area contributed by atoms with Crippen LogP contribution >= 0.6 is 0 Å². The summed E-state index contributed by atoms with van der Waals surface area (Å²) in [5.74, 6) is 2.36. The van der Waals surface area contributed by atoms with Crippen molar-refractivity contribution in [2.24, 2.45) is 0 Å². The maximum Gasteiger partial charge on any atom is 0.295 e. The first kappa shape index (κ1) is 22.9. The van der Waals surface area contributed by atoms with Crippen molar-refractivity contribution >= 4 is 11.6 Å². The fraction of sp³-hybridized carbons (Fsp3) is 0.0690. The van der Waals surface area contributed by atoms with Crippen LogP contribution in [0.15, 0.2) is 103 Å². The van der Waals surface area contributed by atoms with Crippen molar-refractivity contribution in [1.82, 2.24) is 14.8 Å². The molecule has 0 bridgehead atoms. The highest BCUT2D eigenvalue weighted by Crippen LogP contribution is 2.25. The number of ether oxygens (including phenoxy) is 2. The van der Waals surface area contributed by atoms with Crippen LogP contribution in [0.1, 0.15) is 16.2 Å². The number of carbonyl (C=O) groups is 1. The molecule has 7 heteroatoms. The van der Waals surface area contributed by atoms with Gasteiger partial charge in [-0.1, -0.05) is 42.0 Å². The zero-order valence-electron chi connectivity index (χ0n) is 19.9. The van der Waals surface area contributed by atoms with Crippen molar-refractivity contribution in [3.05, 3.63) is 115 Å². The third-order valence-corrected chi connectivity index (χ3v) is 5.49. The Morgan fingerprint density at radius 1 is 0.806 bits per heavy atom. The van der Waals surface area contributed by atoms with Crippen LogP contribution < -0.4 is 14.8 Å². The number of carbonyl (C=O) groups excluding carboxylic acids is 1. The Hall–Kier alpha value is -4.91. The van der Waals surface area contributed by atoms with Gasteiger partial charge >= 0.3 is 0 Å². The van der Waals surface area contributed by atoms with Gasteiger partial charge < -0.3 is 14.8 Å². The first-order chi connectivity index (χ1) is 17.6. The van der Waals surface area contributed by atoms with E-state index in [1.807, 2.05) is 85.8 Å². The molecule has 5 aromatic rings. The summed E-state index contributed by atoms with van der Waals surface area (Å²) >= 11 is 0. The average Bonchev–Trinajstić information content (AvgIpc) is 3.36. The lowest BCUT2D eigenvalue weighted by atomic mass is 10.1. The minimum atomic E-state index is -0.409. The Labute approximate surface area is 209 Å². The average molecular weight is 477 g/mol. The number of aryl methyl sites for hydroxylation is 1. The van der Waals surface area contributed by atoms with Gasteiger partial charge in [-0.2, -0.15) is 0 Å². The van der Waals surface area contributed by atoms with Crippen LogP contribution in [0.2, 0.25) is 0 Å². The van der Waals surface area contributed by atoms with E-state index < -0.39 is 5.91 Å². The summed E-state index contributed by atoms with van der Waals surface area (Å²) in [6.07, 6.45) is 0. The van der Waals surface area contributed by atoms with Crippen LogP contribution in [0.5, 0.6) is 17.2 Å². The largest absolute Gasteiger partial charge is 0.497 e. The van der Waals surface area contributed by atoms with E-state index >= 15 is 0 Å². The standard InChI is InChI=1S/C29H24N4O3/c1-20-7-6-8-21(19-20)28-31-27(32-33(28)23-13-17-24(35-2)18-14-23)29(34)30-22-11-15-26(16-12-22)36-25-9-4-3-5-10-25/h3-19H,1-2H3,(H,30,34). The SMILES string of the molecule is COc1ccc(-n2nc(C(=O)Nc3ccc(Oc4ccccc4)cc3)nc2-c2cccc(C)c2)cc1. The van der Waals surface area contributed by atoms with E-state index in [-0.39, 0.29) is 5.82 Å². The number of amides is 1. The van der Waals surface area contributed by atoms with E-state index in [9.17, 15) is 4.79 Å². The summed E-state index contributed by atoms with van der Waals surface area (Å²) < 4.78 is 12.8. The molecule has 178 valence electrons.